The lowest BCUT2D eigenvalue weighted by atomic mass is 10.2. The summed E-state index contributed by atoms with van der Waals surface area (Å²) in [4.78, 5) is 12.3. The minimum Gasteiger partial charge on any atom is -0.322 e. The Balaban J connectivity index is 1.77. The van der Waals surface area contributed by atoms with E-state index in [2.05, 4.69) is 11.4 Å². The van der Waals surface area contributed by atoms with Gasteiger partial charge in [-0.1, -0.05) is 35.3 Å². The Morgan fingerprint density at radius 3 is 2.59 bits per heavy atom. The zero-order valence-electron chi connectivity index (χ0n) is 11.5. The normalized spacial score (nSPS) is 15.0. The number of rotatable bonds is 3. The van der Waals surface area contributed by atoms with Crippen LogP contribution in [0.4, 0.5) is 5.69 Å². The first-order valence-corrected chi connectivity index (χ1v) is 9.58. The van der Waals surface area contributed by atoms with Gasteiger partial charge in [0.25, 0.3) is 5.91 Å². The van der Waals surface area contributed by atoms with Gasteiger partial charge in [0.1, 0.15) is 0 Å². The summed E-state index contributed by atoms with van der Waals surface area (Å²) in [6.45, 7) is 0. The van der Waals surface area contributed by atoms with Gasteiger partial charge in [0.2, 0.25) is 0 Å². The van der Waals surface area contributed by atoms with Crippen LogP contribution in [-0.4, -0.2) is 17.4 Å². The van der Waals surface area contributed by atoms with Gasteiger partial charge in [-0.25, -0.2) is 0 Å². The summed E-state index contributed by atoms with van der Waals surface area (Å²) in [6.07, 6.45) is 0. The topological polar surface area (TPSA) is 29.1 Å². The SMILES string of the molecule is O=C(Nc1cccc(C2SCCS2)c1)c1ccc(Cl)cc1Cl. The van der Waals surface area contributed by atoms with Crippen molar-refractivity contribution in [1.82, 2.24) is 0 Å². The number of carbonyl (C=O) groups excluding carboxylic acids is 1. The first-order valence-electron chi connectivity index (χ1n) is 6.73. The molecule has 22 heavy (non-hydrogen) atoms. The smallest absolute Gasteiger partial charge is 0.257 e. The van der Waals surface area contributed by atoms with Crippen LogP contribution < -0.4 is 5.32 Å². The lowest BCUT2D eigenvalue weighted by Gasteiger charge is -2.11. The Morgan fingerprint density at radius 2 is 1.86 bits per heavy atom. The first kappa shape index (κ1) is 16.1. The van der Waals surface area contributed by atoms with Crippen LogP contribution in [0, 0.1) is 0 Å². The van der Waals surface area contributed by atoms with E-state index in [4.69, 9.17) is 23.2 Å². The summed E-state index contributed by atoms with van der Waals surface area (Å²) in [5.41, 5.74) is 2.43. The summed E-state index contributed by atoms with van der Waals surface area (Å²) in [5, 5.41) is 3.76. The second-order valence-corrected chi connectivity index (χ2v) is 8.35. The fourth-order valence-electron chi connectivity index (χ4n) is 2.19. The highest BCUT2D eigenvalue weighted by molar-refractivity contribution is 8.19. The zero-order valence-corrected chi connectivity index (χ0v) is 14.7. The van der Waals surface area contributed by atoms with Crippen molar-refractivity contribution < 1.29 is 4.79 Å². The second kappa shape index (κ2) is 7.18. The van der Waals surface area contributed by atoms with Crippen molar-refractivity contribution in [2.45, 2.75) is 4.58 Å². The maximum absolute atomic E-state index is 12.3. The van der Waals surface area contributed by atoms with E-state index in [9.17, 15) is 4.79 Å². The Bertz CT molecular complexity index is 702. The van der Waals surface area contributed by atoms with Crippen LogP contribution in [0.2, 0.25) is 10.0 Å². The minimum atomic E-state index is -0.231. The van der Waals surface area contributed by atoms with Crippen LogP contribution in [0.5, 0.6) is 0 Å². The van der Waals surface area contributed by atoms with Crippen LogP contribution in [0.1, 0.15) is 20.5 Å². The maximum Gasteiger partial charge on any atom is 0.257 e. The number of thioether (sulfide) groups is 2. The highest BCUT2D eigenvalue weighted by atomic mass is 35.5. The fourth-order valence-corrected chi connectivity index (χ4v) is 5.52. The van der Waals surface area contributed by atoms with Gasteiger partial charge in [0.05, 0.1) is 15.2 Å². The summed E-state index contributed by atoms with van der Waals surface area (Å²) < 4.78 is 0.455. The maximum atomic E-state index is 12.3. The third-order valence-electron chi connectivity index (χ3n) is 3.21. The number of halogens is 2. The summed E-state index contributed by atoms with van der Waals surface area (Å²) in [5.74, 6) is 2.11. The van der Waals surface area contributed by atoms with Crippen molar-refractivity contribution in [3.05, 3.63) is 63.6 Å². The molecule has 2 nitrogen and oxygen atoms in total. The third-order valence-corrected chi connectivity index (χ3v) is 6.87. The molecule has 1 aliphatic heterocycles. The predicted molar refractivity (Wildman–Crippen MR) is 98.5 cm³/mol. The summed E-state index contributed by atoms with van der Waals surface area (Å²) in [7, 11) is 0. The first-order chi connectivity index (χ1) is 10.6. The molecule has 2 aromatic carbocycles. The van der Waals surface area contributed by atoms with Gasteiger partial charge in [0.15, 0.2) is 0 Å². The molecule has 1 N–H and O–H groups in total. The number of hydrogen-bond acceptors (Lipinski definition) is 3. The lowest BCUT2D eigenvalue weighted by Crippen LogP contribution is -2.12. The molecule has 6 heteroatoms. The molecule has 0 bridgehead atoms. The second-order valence-electron chi connectivity index (χ2n) is 4.78. The van der Waals surface area contributed by atoms with E-state index >= 15 is 0 Å². The predicted octanol–water partition coefficient (Wildman–Crippen LogP) is 5.72. The van der Waals surface area contributed by atoms with E-state index in [-0.39, 0.29) is 5.91 Å². The monoisotopic (exact) mass is 369 g/mol. The van der Waals surface area contributed by atoms with Gasteiger partial charge in [-0.2, -0.15) is 0 Å². The molecule has 1 saturated heterocycles. The molecule has 0 unspecified atom stereocenters. The van der Waals surface area contributed by atoms with Crippen molar-refractivity contribution in [1.29, 1.82) is 0 Å². The lowest BCUT2D eigenvalue weighted by molar-refractivity contribution is 0.102. The average Bonchev–Trinajstić information content (AvgIpc) is 3.01. The Labute approximate surface area is 148 Å². The van der Waals surface area contributed by atoms with Crippen LogP contribution in [0.3, 0.4) is 0 Å². The van der Waals surface area contributed by atoms with E-state index in [0.29, 0.717) is 20.2 Å². The molecule has 0 spiro atoms. The van der Waals surface area contributed by atoms with Crippen molar-refractivity contribution in [3.63, 3.8) is 0 Å². The van der Waals surface area contributed by atoms with Crippen LogP contribution in [0.15, 0.2) is 42.5 Å². The van der Waals surface area contributed by atoms with Crippen LogP contribution in [0.25, 0.3) is 0 Å². The van der Waals surface area contributed by atoms with Crippen molar-refractivity contribution >= 4 is 58.3 Å². The van der Waals surface area contributed by atoms with Gasteiger partial charge < -0.3 is 5.32 Å². The van der Waals surface area contributed by atoms with Crippen molar-refractivity contribution in [3.8, 4) is 0 Å². The Hall–Kier alpha value is -0.810. The van der Waals surface area contributed by atoms with Gasteiger partial charge >= 0.3 is 0 Å². The molecule has 0 radical (unpaired) electrons. The minimum absolute atomic E-state index is 0.231. The molecule has 0 saturated carbocycles. The summed E-state index contributed by atoms with van der Waals surface area (Å²) >= 11 is 15.8. The van der Waals surface area contributed by atoms with E-state index in [1.165, 1.54) is 17.1 Å². The molecule has 1 amide bonds. The standard InChI is InChI=1S/C16H13Cl2NOS2/c17-11-4-5-13(14(18)9-11)15(20)19-12-3-1-2-10(8-12)16-21-6-7-22-16/h1-5,8-9,16H,6-7H2,(H,19,20). The van der Waals surface area contributed by atoms with Crippen LogP contribution >= 0.6 is 46.7 Å². The molecule has 3 rings (SSSR count). The zero-order chi connectivity index (χ0) is 15.5. The van der Waals surface area contributed by atoms with E-state index < -0.39 is 0 Å². The third kappa shape index (κ3) is 3.74. The largest absolute Gasteiger partial charge is 0.322 e. The molecule has 114 valence electrons. The molecule has 0 atom stereocenters. The molecule has 0 aromatic heterocycles. The molecule has 2 aromatic rings. The molecule has 0 aliphatic carbocycles. The fraction of sp³-hybridized carbons (Fsp3) is 0.188. The summed E-state index contributed by atoms with van der Waals surface area (Å²) in [6, 6.07) is 12.8. The van der Waals surface area contributed by atoms with Gasteiger partial charge in [-0.05, 0) is 35.9 Å². The molecule has 1 aliphatic rings. The number of nitrogens with one attached hydrogen (secondary N) is 1. The molecular weight excluding hydrogens is 357 g/mol. The average molecular weight is 370 g/mol. The number of carbonyl (C=O) groups is 1. The van der Waals surface area contributed by atoms with E-state index in [0.717, 1.165) is 5.69 Å². The van der Waals surface area contributed by atoms with Gasteiger partial charge in [-0.3, -0.25) is 4.79 Å². The molecule has 1 fully saturated rings. The number of hydrogen-bond donors (Lipinski definition) is 1. The highest BCUT2D eigenvalue weighted by Gasteiger charge is 2.19. The molecular formula is C16H13Cl2NOS2. The Morgan fingerprint density at radius 1 is 1.09 bits per heavy atom. The van der Waals surface area contributed by atoms with Crippen LogP contribution in [-0.2, 0) is 0 Å². The number of anilines is 1. The number of amides is 1. The highest BCUT2D eigenvalue weighted by Crippen LogP contribution is 2.45. The quantitative estimate of drug-likeness (QED) is 0.749. The van der Waals surface area contributed by atoms with Gasteiger partial charge in [-0.15, -0.1) is 23.5 Å². The molecule has 1 heterocycles. The van der Waals surface area contributed by atoms with E-state index in [1.807, 2.05) is 41.7 Å². The van der Waals surface area contributed by atoms with E-state index in [1.54, 1.807) is 18.2 Å². The Kier molecular flexibility index (Phi) is 5.24. The van der Waals surface area contributed by atoms with Crippen molar-refractivity contribution in [2.75, 3.05) is 16.8 Å². The van der Waals surface area contributed by atoms with Gasteiger partial charge in [0, 0.05) is 22.2 Å². The number of benzene rings is 2. The van der Waals surface area contributed by atoms with Crippen molar-refractivity contribution in [2.24, 2.45) is 0 Å².